The van der Waals surface area contributed by atoms with E-state index in [-0.39, 0.29) is 18.1 Å². The van der Waals surface area contributed by atoms with Gasteiger partial charge < -0.3 is 9.26 Å². The third kappa shape index (κ3) is 4.17. The molecule has 0 saturated heterocycles. The summed E-state index contributed by atoms with van der Waals surface area (Å²) < 4.78 is 39.1. The summed E-state index contributed by atoms with van der Waals surface area (Å²) in [5.41, 5.74) is 2.85. The molecular formula is C20H17F2N5O3S. The van der Waals surface area contributed by atoms with Crippen LogP contribution in [0.3, 0.4) is 0 Å². The number of ether oxygens (including phenoxy) is 1. The molecule has 0 aliphatic carbocycles. The Balaban J connectivity index is 1.49. The van der Waals surface area contributed by atoms with Gasteiger partial charge in [0.25, 0.3) is 5.91 Å². The number of aryl methyl sites for hydroxylation is 2. The van der Waals surface area contributed by atoms with Gasteiger partial charge in [0.15, 0.2) is 22.4 Å². The van der Waals surface area contributed by atoms with Crippen LogP contribution in [0.5, 0.6) is 5.75 Å². The van der Waals surface area contributed by atoms with Crippen LogP contribution in [0.15, 0.2) is 34.3 Å². The number of nitrogens with one attached hydrogen (secondary N) is 1. The molecule has 31 heavy (non-hydrogen) atoms. The Bertz CT molecular complexity index is 1260. The molecule has 8 nitrogen and oxygen atoms in total. The molecule has 0 spiro atoms. The summed E-state index contributed by atoms with van der Waals surface area (Å²) in [6.07, 6.45) is 1.71. The van der Waals surface area contributed by atoms with Crippen LogP contribution in [-0.4, -0.2) is 25.8 Å². The van der Waals surface area contributed by atoms with Crippen LogP contribution in [0.25, 0.3) is 11.3 Å². The van der Waals surface area contributed by atoms with Gasteiger partial charge in [-0.3, -0.25) is 14.8 Å². The van der Waals surface area contributed by atoms with E-state index in [1.807, 2.05) is 19.4 Å². The van der Waals surface area contributed by atoms with Gasteiger partial charge in [-0.1, -0.05) is 5.16 Å². The predicted octanol–water partition coefficient (Wildman–Crippen LogP) is 4.26. The van der Waals surface area contributed by atoms with Crippen LogP contribution in [0, 0.1) is 25.5 Å². The lowest BCUT2D eigenvalue weighted by Gasteiger charge is -2.07. The number of halogens is 2. The van der Waals surface area contributed by atoms with Crippen molar-refractivity contribution >= 4 is 22.4 Å². The van der Waals surface area contributed by atoms with E-state index in [9.17, 15) is 13.6 Å². The Hall–Kier alpha value is -3.60. The van der Waals surface area contributed by atoms with Crippen LogP contribution in [0.4, 0.5) is 13.9 Å². The molecule has 0 radical (unpaired) electrons. The number of carbonyl (C=O) groups is 1. The number of hydrogen-bond donors (Lipinski definition) is 1. The first-order chi connectivity index (χ1) is 14.8. The molecule has 11 heteroatoms. The number of anilines is 1. The molecule has 3 heterocycles. The molecule has 1 aromatic carbocycles. The Morgan fingerprint density at radius 2 is 2.13 bits per heavy atom. The van der Waals surface area contributed by atoms with Gasteiger partial charge in [-0.2, -0.15) is 5.10 Å². The van der Waals surface area contributed by atoms with Crippen LogP contribution in [-0.2, 0) is 13.7 Å². The monoisotopic (exact) mass is 445 g/mol. The summed E-state index contributed by atoms with van der Waals surface area (Å²) in [7, 11) is 1.84. The second-order valence-electron chi connectivity index (χ2n) is 6.69. The minimum atomic E-state index is -0.846. The molecule has 0 fully saturated rings. The number of thiazole rings is 1. The molecular weight excluding hydrogens is 428 g/mol. The van der Waals surface area contributed by atoms with Gasteiger partial charge in [0, 0.05) is 29.8 Å². The van der Waals surface area contributed by atoms with Crippen molar-refractivity contribution in [2.75, 3.05) is 5.32 Å². The molecule has 160 valence electrons. The number of benzene rings is 1. The highest BCUT2D eigenvalue weighted by molar-refractivity contribution is 7.14. The van der Waals surface area contributed by atoms with E-state index in [2.05, 4.69) is 20.6 Å². The van der Waals surface area contributed by atoms with Crippen LogP contribution >= 0.6 is 11.3 Å². The second kappa shape index (κ2) is 8.26. The average molecular weight is 445 g/mol. The van der Waals surface area contributed by atoms with Crippen LogP contribution < -0.4 is 10.1 Å². The zero-order chi connectivity index (χ0) is 22.1. The molecule has 0 aliphatic rings. The van der Waals surface area contributed by atoms with Crippen molar-refractivity contribution in [2.45, 2.75) is 20.5 Å². The normalized spacial score (nSPS) is 11.0. The molecule has 0 bridgehead atoms. The zero-order valence-corrected chi connectivity index (χ0v) is 17.6. The molecule has 0 saturated carbocycles. The Kier molecular flexibility index (Phi) is 5.51. The summed E-state index contributed by atoms with van der Waals surface area (Å²) in [6, 6.07) is 2.97. The summed E-state index contributed by atoms with van der Waals surface area (Å²) in [6.45, 7) is 3.35. The van der Waals surface area contributed by atoms with Crippen LogP contribution in [0.1, 0.15) is 27.5 Å². The molecule has 0 unspecified atom stereocenters. The Morgan fingerprint density at radius 3 is 2.84 bits per heavy atom. The highest BCUT2D eigenvalue weighted by Gasteiger charge is 2.22. The minimum absolute atomic E-state index is 0.00525. The number of aromatic nitrogens is 4. The molecule has 4 aromatic rings. The Morgan fingerprint density at radius 1 is 1.32 bits per heavy atom. The number of carbonyl (C=O) groups excluding carboxylic acids is 1. The highest BCUT2D eigenvalue weighted by atomic mass is 32.1. The van der Waals surface area contributed by atoms with E-state index < -0.39 is 17.5 Å². The van der Waals surface area contributed by atoms with E-state index in [0.29, 0.717) is 28.2 Å². The maximum absolute atomic E-state index is 13.8. The van der Waals surface area contributed by atoms with Gasteiger partial charge in [0.1, 0.15) is 18.2 Å². The maximum atomic E-state index is 13.8. The van der Waals surface area contributed by atoms with Crippen molar-refractivity contribution in [3.8, 4) is 17.0 Å². The maximum Gasteiger partial charge on any atom is 0.280 e. The number of nitrogens with zero attached hydrogens (tertiary/aromatic N) is 4. The van der Waals surface area contributed by atoms with Gasteiger partial charge in [0.05, 0.1) is 17.5 Å². The molecule has 4 rings (SSSR count). The SMILES string of the molecule is Cc1onc(C(=O)Nc2nc(-c3cnn(C)c3C)cs2)c1COc1ccc(F)cc1F. The molecule has 0 aliphatic heterocycles. The van der Waals surface area contributed by atoms with Gasteiger partial charge in [0.2, 0.25) is 0 Å². The van der Waals surface area contributed by atoms with Crippen molar-refractivity contribution in [3.05, 3.63) is 64.1 Å². The predicted molar refractivity (Wildman–Crippen MR) is 109 cm³/mol. The Labute approximate surface area is 179 Å². The van der Waals surface area contributed by atoms with E-state index in [4.69, 9.17) is 9.26 Å². The number of rotatable bonds is 6. The van der Waals surface area contributed by atoms with Crippen molar-refractivity contribution < 1.29 is 22.8 Å². The standard InChI is InChI=1S/C20H17F2N5O3S/c1-10-13(7-23-27(10)3)16-9-31-20(24-16)25-19(28)18-14(11(2)30-26-18)8-29-17-5-4-12(21)6-15(17)22/h4-7,9H,8H2,1-3H3,(H,24,25,28). The molecule has 1 amide bonds. The fourth-order valence-corrected chi connectivity index (χ4v) is 3.55. The first-order valence-corrected chi connectivity index (χ1v) is 10.00. The topological polar surface area (TPSA) is 95.1 Å². The number of amides is 1. The first kappa shape index (κ1) is 20.7. The minimum Gasteiger partial charge on any atom is -0.486 e. The third-order valence-corrected chi connectivity index (χ3v) is 5.46. The van der Waals surface area contributed by atoms with Gasteiger partial charge in [-0.25, -0.2) is 13.8 Å². The average Bonchev–Trinajstić information content (AvgIpc) is 3.42. The van der Waals surface area contributed by atoms with Crippen molar-refractivity contribution in [1.82, 2.24) is 19.9 Å². The van der Waals surface area contributed by atoms with E-state index in [1.54, 1.807) is 17.8 Å². The summed E-state index contributed by atoms with van der Waals surface area (Å²) >= 11 is 1.26. The van der Waals surface area contributed by atoms with E-state index in [0.717, 1.165) is 17.3 Å². The molecule has 1 N–H and O–H groups in total. The van der Waals surface area contributed by atoms with Gasteiger partial charge in [-0.15, -0.1) is 11.3 Å². The number of hydrogen-bond acceptors (Lipinski definition) is 7. The highest BCUT2D eigenvalue weighted by Crippen LogP contribution is 2.28. The zero-order valence-electron chi connectivity index (χ0n) is 16.8. The molecule has 0 atom stereocenters. The van der Waals surface area contributed by atoms with E-state index in [1.165, 1.54) is 17.4 Å². The van der Waals surface area contributed by atoms with Crippen LogP contribution in [0.2, 0.25) is 0 Å². The van der Waals surface area contributed by atoms with Crippen molar-refractivity contribution in [3.63, 3.8) is 0 Å². The lowest BCUT2D eigenvalue weighted by atomic mass is 10.2. The largest absolute Gasteiger partial charge is 0.486 e. The summed E-state index contributed by atoms with van der Waals surface area (Å²) in [5.74, 6) is -1.90. The quantitative estimate of drug-likeness (QED) is 0.477. The fourth-order valence-electron chi connectivity index (χ4n) is 2.84. The summed E-state index contributed by atoms with van der Waals surface area (Å²) in [5, 5.41) is 12.9. The van der Waals surface area contributed by atoms with Crippen molar-refractivity contribution in [1.29, 1.82) is 0 Å². The second-order valence-corrected chi connectivity index (χ2v) is 7.55. The first-order valence-electron chi connectivity index (χ1n) is 9.12. The van der Waals surface area contributed by atoms with E-state index >= 15 is 0 Å². The van der Waals surface area contributed by atoms with Gasteiger partial charge >= 0.3 is 0 Å². The fraction of sp³-hybridized carbons (Fsp3) is 0.200. The lowest BCUT2D eigenvalue weighted by molar-refractivity contribution is 0.101. The smallest absolute Gasteiger partial charge is 0.280 e. The third-order valence-electron chi connectivity index (χ3n) is 4.70. The lowest BCUT2D eigenvalue weighted by Crippen LogP contribution is -2.15. The summed E-state index contributed by atoms with van der Waals surface area (Å²) in [4.78, 5) is 17.2. The molecule has 3 aromatic heterocycles. The van der Waals surface area contributed by atoms with Crippen molar-refractivity contribution in [2.24, 2.45) is 7.05 Å². The van der Waals surface area contributed by atoms with Gasteiger partial charge in [-0.05, 0) is 26.0 Å².